The molecule has 0 radical (unpaired) electrons. The van der Waals surface area contributed by atoms with Gasteiger partial charge in [-0.3, -0.25) is 0 Å². The summed E-state index contributed by atoms with van der Waals surface area (Å²) in [6.45, 7) is 4.72. The van der Waals surface area contributed by atoms with Crippen LogP contribution in [-0.2, 0) is 6.42 Å². The molecule has 0 spiro atoms. The molecule has 0 aliphatic carbocycles. The standard InChI is InChI=1S/C20H22ClN5O/c1-13-9-14(2)19(17(21)10-13)25-20-24-18(12-23-26-20)22-8-7-15-5-4-6-16(11-15)27-3/h4-6,9-12H,7-8H2,1-3H3,(H2,22,24,25,26). The van der Waals surface area contributed by atoms with E-state index in [2.05, 4.69) is 37.9 Å². The maximum absolute atomic E-state index is 6.34. The Labute approximate surface area is 164 Å². The lowest BCUT2D eigenvalue weighted by Gasteiger charge is -2.12. The van der Waals surface area contributed by atoms with Crippen LogP contribution in [0.1, 0.15) is 16.7 Å². The fourth-order valence-electron chi connectivity index (χ4n) is 2.79. The second-order valence-corrected chi connectivity index (χ2v) is 6.66. The topological polar surface area (TPSA) is 72.0 Å². The Hall–Kier alpha value is -2.86. The lowest BCUT2D eigenvalue weighted by molar-refractivity contribution is 0.414. The molecule has 1 heterocycles. The molecule has 6 nitrogen and oxygen atoms in total. The monoisotopic (exact) mass is 383 g/mol. The van der Waals surface area contributed by atoms with Crippen molar-refractivity contribution in [2.75, 3.05) is 24.3 Å². The van der Waals surface area contributed by atoms with Crippen molar-refractivity contribution in [2.45, 2.75) is 20.3 Å². The zero-order valence-electron chi connectivity index (χ0n) is 15.6. The average Bonchev–Trinajstić information content (AvgIpc) is 2.65. The second kappa shape index (κ2) is 8.68. The van der Waals surface area contributed by atoms with Gasteiger partial charge >= 0.3 is 0 Å². The van der Waals surface area contributed by atoms with Gasteiger partial charge in [0.05, 0.1) is 24.0 Å². The molecule has 0 fully saturated rings. The van der Waals surface area contributed by atoms with E-state index in [0.717, 1.165) is 35.5 Å². The predicted molar refractivity (Wildman–Crippen MR) is 109 cm³/mol. The van der Waals surface area contributed by atoms with Crippen LogP contribution >= 0.6 is 11.6 Å². The molecule has 0 aliphatic heterocycles. The molecule has 3 aromatic rings. The van der Waals surface area contributed by atoms with Crippen LogP contribution in [0.5, 0.6) is 5.75 Å². The van der Waals surface area contributed by atoms with Crippen molar-refractivity contribution >= 4 is 29.1 Å². The number of hydrogen-bond donors (Lipinski definition) is 2. The molecule has 0 aliphatic rings. The molecule has 2 N–H and O–H groups in total. The van der Waals surface area contributed by atoms with Crippen LogP contribution in [-0.4, -0.2) is 28.8 Å². The summed E-state index contributed by atoms with van der Waals surface area (Å²) in [7, 11) is 1.67. The van der Waals surface area contributed by atoms with Gasteiger partial charge in [0.1, 0.15) is 5.75 Å². The third-order valence-corrected chi connectivity index (χ3v) is 4.38. The number of rotatable bonds is 7. The normalized spacial score (nSPS) is 10.5. The fourth-order valence-corrected chi connectivity index (χ4v) is 3.16. The van der Waals surface area contributed by atoms with E-state index in [1.807, 2.05) is 38.1 Å². The largest absolute Gasteiger partial charge is 0.497 e. The molecule has 0 amide bonds. The van der Waals surface area contributed by atoms with Crippen molar-refractivity contribution in [3.63, 3.8) is 0 Å². The molecule has 27 heavy (non-hydrogen) atoms. The summed E-state index contributed by atoms with van der Waals surface area (Å²) in [5.74, 6) is 1.90. The van der Waals surface area contributed by atoms with Gasteiger partial charge in [-0.2, -0.15) is 10.1 Å². The highest BCUT2D eigenvalue weighted by Crippen LogP contribution is 2.29. The van der Waals surface area contributed by atoms with Crippen LogP contribution in [0.25, 0.3) is 0 Å². The lowest BCUT2D eigenvalue weighted by atomic mass is 10.1. The van der Waals surface area contributed by atoms with E-state index in [9.17, 15) is 0 Å². The Morgan fingerprint density at radius 1 is 1.15 bits per heavy atom. The summed E-state index contributed by atoms with van der Waals surface area (Å²) in [6.07, 6.45) is 2.44. The van der Waals surface area contributed by atoms with E-state index in [0.29, 0.717) is 16.8 Å². The summed E-state index contributed by atoms with van der Waals surface area (Å²) in [5.41, 5.74) is 4.11. The van der Waals surface area contributed by atoms with Crippen LogP contribution in [0, 0.1) is 13.8 Å². The first kappa shape index (κ1) is 18.9. The maximum atomic E-state index is 6.34. The minimum absolute atomic E-state index is 0.398. The van der Waals surface area contributed by atoms with Gasteiger partial charge in [-0.25, -0.2) is 0 Å². The number of nitrogens with zero attached hydrogens (tertiary/aromatic N) is 3. The molecule has 140 valence electrons. The average molecular weight is 384 g/mol. The molecule has 7 heteroatoms. The van der Waals surface area contributed by atoms with E-state index >= 15 is 0 Å². The molecule has 2 aromatic carbocycles. The summed E-state index contributed by atoms with van der Waals surface area (Å²) < 4.78 is 5.25. The van der Waals surface area contributed by atoms with Crippen LogP contribution in [0.3, 0.4) is 0 Å². The number of halogens is 1. The van der Waals surface area contributed by atoms with Crippen molar-refractivity contribution in [2.24, 2.45) is 0 Å². The van der Waals surface area contributed by atoms with Gasteiger partial charge in [-0.15, -0.1) is 5.10 Å². The summed E-state index contributed by atoms with van der Waals surface area (Å²) >= 11 is 6.34. The number of anilines is 3. The van der Waals surface area contributed by atoms with E-state index in [1.54, 1.807) is 13.3 Å². The van der Waals surface area contributed by atoms with Crippen molar-refractivity contribution in [1.29, 1.82) is 0 Å². The Morgan fingerprint density at radius 2 is 2.00 bits per heavy atom. The van der Waals surface area contributed by atoms with Gasteiger partial charge in [0.2, 0.25) is 5.95 Å². The quantitative estimate of drug-likeness (QED) is 0.623. The van der Waals surface area contributed by atoms with E-state index in [1.165, 1.54) is 5.56 Å². The molecular formula is C20H22ClN5O. The summed E-state index contributed by atoms with van der Waals surface area (Å²) in [4.78, 5) is 4.46. The van der Waals surface area contributed by atoms with Gasteiger partial charge in [0, 0.05) is 6.54 Å². The third-order valence-electron chi connectivity index (χ3n) is 4.08. The third kappa shape index (κ3) is 5.08. The second-order valence-electron chi connectivity index (χ2n) is 6.26. The van der Waals surface area contributed by atoms with Crippen LogP contribution in [0.4, 0.5) is 17.5 Å². The zero-order valence-corrected chi connectivity index (χ0v) is 16.3. The lowest BCUT2D eigenvalue weighted by Crippen LogP contribution is -2.09. The minimum Gasteiger partial charge on any atom is -0.497 e. The van der Waals surface area contributed by atoms with Gasteiger partial charge < -0.3 is 15.4 Å². The molecular weight excluding hydrogens is 362 g/mol. The highest BCUT2D eigenvalue weighted by atomic mass is 35.5. The Kier molecular flexibility index (Phi) is 6.08. The first-order valence-electron chi connectivity index (χ1n) is 8.65. The smallest absolute Gasteiger partial charge is 0.249 e. The van der Waals surface area contributed by atoms with Crippen molar-refractivity contribution in [3.05, 3.63) is 64.3 Å². The van der Waals surface area contributed by atoms with Gasteiger partial charge in [0.15, 0.2) is 5.82 Å². The summed E-state index contributed by atoms with van der Waals surface area (Å²) in [6, 6.07) is 12.0. The number of ether oxygens (including phenoxy) is 1. The Balaban J connectivity index is 1.64. The van der Waals surface area contributed by atoms with E-state index in [4.69, 9.17) is 16.3 Å². The molecule has 1 aromatic heterocycles. The molecule has 3 rings (SSSR count). The number of hydrogen-bond acceptors (Lipinski definition) is 6. The maximum Gasteiger partial charge on any atom is 0.249 e. The molecule has 0 bridgehead atoms. The van der Waals surface area contributed by atoms with Crippen LogP contribution in [0.2, 0.25) is 5.02 Å². The van der Waals surface area contributed by atoms with E-state index < -0.39 is 0 Å². The number of aryl methyl sites for hydroxylation is 2. The number of benzene rings is 2. The van der Waals surface area contributed by atoms with Crippen molar-refractivity contribution < 1.29 is 4.74 Å². The Morgan fingerprint density at radius 3 is 2.78 bits per heavy atom. The highest BCUT2D eigenvalue weighted by molar-refractivity contribution is 6.33. The summed E-state index contributed by atoms with van der Waals surface area (Å²) in [5, 5.41) is 15.1. The number of aromatic nitrogens is 3. The molecule has 0 unspecified atom stereocenters. The van der Waals surface area contributed by atoms with Gasteiger partial charge in [0.25, 0.3) is 0 Å². The van der Waals surface area contributed by atoms with Crippen molar-refractivity contribution in [3.8, 4) is 5.75 Å². The van der Waals surface area contributed by atoms with Crippen molar-refractivity contribution in [1.82, 2.24) is 15.2 Å². The zero-order chi connectivity index (χ0) is 19.2. The SMILES string of the molecule is COc1cccc(CCNc2cnnc(Nc3c(C)cc(C)cc3Cl)n2)c1. The van der Waals surface area contributed by atoms with Gasteiger partial charge in [-0.05, 0) is 55.2 Å². The minimum atomic E-state index is 0.398. The number of methoxy groups -OCH3 is 1. The molecule has 0 saturated heterocycles. The van der Waals surface area contributed by atoms with E-state index in [-0.39, 0.29) is 0 Å². The van der Waals surface area contributed by atoms with Crippen LogP contribution in [0.15, 0.2) is 42.6 Å². The van der Waals surface area contributed by atoms with Gasteiger partial charge in [-0.1, -0.05) is 29.8 Å². The highest BCUT2D eigenvalue weighted by Gasteiger charge is 2.08. The number of nitrogens with one attached hydrogen (secondary N) is 2. The van der Waals surface area contributed by atoms with Crippen LogP contribution < -0.4 is 15.4 Å². The first-order valence-corrected chi connectivity index (χ1v) is 9.03. The molecule has 0 saturated carbocycles. The predicted octanol–water partition coefficient (Wildman–Crippen LogP) is 4.55. The Bertz CT molecular complexity index is 909. The molecule has 0 atom stereocenters. The first-order chi connectivity index (χ1) is 13.0. The fraction of sp³-hybridized carbons (Fsp3) is 0.250.